The molecule has 0 spiro atoms. The highest BCUT2D eigenvalue weighted by atomic mass is 32.1. The maximum atomic E-state index is 10.7. The van der Waals surface area contributed by atoms with E-state index in [-0.39, 0.29) is 0 Å². The van der Waals surface area contributed by atoms with Crippen LogP contribution in [-0.2, 0) is 0 Å². The fourth-order valence-corrected chi connectivity index (χ4v) is 3.01. The number of hydrogen-bond donors (Lipinski definition) is 3. The molecule has 1 aromatic heterocycles. The van der Waals surface area contributed by atoms with Gasteiger partial charge in [0.25, 0.3) is 5.91 Å². The number of carboxylic acid groups (broad SMARTS) is 1. The first kappa shape index (κ1) is 17.3. The number of methoxy groups -OCH3 is 1. The number of carbonyl (C=O) groups is 2. The molecule has 0 saturated heterocycles. The Morgan fingerprint density at radius 3 is 2.38 bits per heavy atom. The van der Waals surface area contributed by atoms with Crippen LogP contribution in [0.2, 0.25) is 0 Å². The molecule has 0 unspecified atom stereocenters. The molecule has 1 amide bonds. The third-order valence-electron chi connectivity index (χ3n) is 3.16. The number of aromatic carboxylic acids is 1. The number of amides is 1. The number of thiophene rings is 1. The molecule has 3 aromatic rings. The highest BCUT2D eigenvalue weighted by molar-refractivity contribution is 7.21. The number of nitrogen functional groups attached to an aromatic ring is 1. The average molecular weight is 344 g/mol. The third kappa shape index (κ3) is 3.82. The van der Waals surface area contributed by atoms with E-state index in [4.69, 9.17) is 21.3 Å². The number of rotatable bonds is 3. The SMILES string of the molecule is COc1cccc2cc(C(=O)O)sc12.NC(=O)c1ccccc1N. The van der Waals surface area contributed by atoms with E-state index in [1.54, 1.807) is 37.4 Å². The van der Waals surface area contributed by atoms with Gasteiger partial charge in [-0.15, -0.1) is 11.3 Å². The van der Waals surface area contributed by atoms with Gasteiger partial charge >= 0.3 is 5.97 Å². The number of para-hydroxylation sites is 1. The zero-order valence-electron chi connectivity index (χ0n) is 12.9. The molecule has 2 aromatic carbocycles. The predicted molar refractivity (Wildman–Crippen MR) is 94.7 cm³/mol. The first-order valence-electron chi connectivity index (χ1n) is 6.88. The van der Waals surface area contributed by atoms with Crippen molar-refractivity contribution in [1.82, 2.24) is 0 Å². The van der Waals surface area contributed by atoms with E-state index >= 15 is 0 Å². The van der Waals surface area contributed by atoms with Crippen LogP contribution in [0.15, 0.2) is 48.5 Å². The summed E-state index contributed by atoms with van der Waals surface area (Å²) in [6.45, 7) is 0. The van der Waals surface area contributed by atoms with Crippen molar-refractivity contribution < 1.29 is 19.4 Å². The van der Waals surface area contributed by atoms with Gasteiger partial charge in [-0.25, -0.2) is 4.79 Å². The van der Waals surface area contributed by atoms with Crippen molar-refractivity contribution in [3.8, 4) is 5.75 Å². The summed E-state index contributed by atoms with van der Waals surface area (Å²) < 4.78 is 6.02. The number of hydrogen-bond acceptors (Lipinski definition) is 5. The van der Waals surface area contributed by atoms with Crippen LogP contribution in [0.25, 0.3) is 10.1 Å². The highest BCUT2D eigenvalue weighted by Crippen LogP contribution is 2.33. The lowest BCUT2D eigenvalue weighted by Crippen LogP contribution is -2.12. The standard InChI is InChI=1S/C10H8O3S.C7H8N2O/c1-13-7-4-2-3-6-5-8(10(11)12)14-9(6)7;8-6-4-2-1-3-5(6)7(9)10/h2-5H,1H3,(H,11,12);1-4H,8H2,(H2,9,10). The number of ether oxygens (including phenoxy) is 1. The van der Waals surface area contributed by atoms with Crippen LogP contribution >= 0.6 is 11.3 Å². The van der Waals surface area contributed by atoms with Gasteiger partial charge in [-0.2, -0.15) is 0 Å². The lowest BCUT2D eigenvalue weighted by molar-refractivity contribution is 0.0702. The lowest BCUT2D eigenvalue weighted by atomic mass is 10.2. The van der Waals surface area contributed by atoms with E-state index in [1.165, 1.54) is 11.3 Å². The van der Waals surface area contributed by atoms with Gasteiger partial charge in [0.1, 0.15) is 10.6 Å². The fraction of sp³-hybridized carbons (Fsp3) is 0.0588. The summed E-state index contributed by atoms with van der Waals surface area (Å²) in [6, 6.07) is 13.9. The molecule has 3 rings (SSSR count). The Hall–Kier alpha value is -3.06. The van der Waals surface area contributed by atoms with Crippen LogP contribution in [-0.4, -0.2) is 24.1 Å². The molecular formula is C17H16N2O4S. The van der Waals surface area contributed by atoms with Crippen molar-refractivity contribution >= 4 is 39.0 Å². The molecule has 0 aliphatic carbocycles. The van der Waals surface area contributed by atoms with Gasteiger partial charge in [0.05, 0.1) is 17.4 Å². The highest BCUT2D eigenvalue weighted by Gasteiger charge is 2.10. The molecule has 7 heteroatoms. The maximum absolute atomic E-state index is 10.7. The minimum Gasteiger partial charge on any atom is -0.495 e. The zero-order valence-corrected chi connectivity index (χ0v) is 13.7. The van der Waals surface area contributed by atoms with Crippen LogP contribution < -0.4 is 16.2 Å². The van der Waals surface area contributed by atoms with Gasteiger partial charge in [-0.1, -0.05) is 24.3 Å². The third-order valence-corrected chi connectivity index (χ3v) is 4.32. The number of primary amides is 1. The van der Waals surface area contributed by atoms with Crippen molar-refractivity contribution in [2.24, 2.45) is 5.73 Å². The van der Waals surface area contributed by atoms with Crippen LogP contribution in [0.4, 0.5) is 5.69 Å². The van der Waals surface area contributed by atoms with Crippen LogP contribution in [0, 0.1) is 0 Å². The van der Waals surface area contributed by atoms with Crippen molar-refractivity contribution in [2.45, 2.75) is 0 Å². The van der Waals surface area contributed by atoms with E-state index in [2.05, 4.69) is 0 Å². The summed E-state index contributed by atoms with van der Waals surface area (Å²) in [5.74, 6) is -0.661. The van der Waals surface area contributed by atoms with Crippen LogP contribution in [0.1, 0.15) is 20.0 Å². The second-order valence-corrected chi connectivity index (χ2v) is 5.80. The number of fused-ring (bicyclic) bond motifs is 1. The molecule has 0 radical (unpaired) electrons. The smallest absolute Gasteiger partial charge is 0.345 e. The van der Waals surface area contributed by atoms with Crippen molar-refractivity contribution in [1.29, 1.82) is 0 Å². The van der Waals surface area contributed by atoms with Gasteiger partial charge in [0, 0.05) is 5.69 Å². The molecule has 1 heterocycles. The molecule has 0 saturated carbocycles. The molecule has 0 aliphatic rings. The monoisotopic (exact) mass is 344 g/mol. The number of anilines is 1. The summed E-state index contributed by atoms with van der Waals surface area (Å²) in [5, 5.41) is 9.73. The molecular weight excluding hydrogens is 328 g/mol. The lowest BCUT2D eigenvalue weighted by Gasteiger charge is -1.98. The predicted octanol–water partition coefficient (Wildman–Crippen LogP) is 2.98. The molecule has 0 fully saturated rings. The Kier molecular flexibility index (Phi) is 5.39. The van der Waals surface area contributed by atoms with E-state index in [1.807, 2.05) is 18.2 Å². The van der Waals surface area contributed by atoms with E-state index in [0.717, 1.165) is 15.8 Å². The molecule has 124 valence electrons. The Morgan fingerprint density at radius 2 is 1.83 bits per heavy atom. The van der Waals surface area contributed by atoms with E-state index in [0.29, 0.717) is 16.1 Å². The fourth-order valence-electron chi connectivity index (χ4n) is 2.02. The van der Waals surface area contributed by atoms with Gasteiger partial charge in [0.2, 0.25) is 0 Å². The molecule has 0 atom stereocenters. The van der Waals surface area contributed by atoms with Gasteiger partial charge in [-0.3, -0.25) is 4.79 Å². The average Bonchev–Trinajstić information content (AvgIpc) is 3.00. The Balaban J connectivity index is 0.000000185. The molecule has 6 nitrogen and oxygen atoms in total. The van der Waals surface area contributed by atoms with Crippen LogP contribution in [0.3, 0.4) is 0 Å². The van der Waals surface area contributed by atoms with Gasteiger partial charge < -0.3 is 21.3 Å². The Bertz CT molecular complexity index is 889. The summed E-state index contributed by atoms with van der Waals surface area (Å²) >= 11 is 1.23. The second kappa shape index (κ2) is 7.47. The van der Waals surface area contributed by atoms with E-state index < -0.39 is 11.9 Å². The number of carboxylic acids is 1. The first-order valence-corrected chi connectivity index (χ1v) is 7.70. The number of benzene rings is 2. The summed E-state index contributed by atoms with van der Waals surface area (Å²) in [7, 11) is 1.58. The topological polar surface area (TPSA) is 116 Å². The van der Waals surface area contributed by atoms with Crippen molar-refractivity contribution in [3.63, 3.8) is 0 Å². The zero-order chi connectivity index (χ0) is 17.7. The minimum absolute atomic E-state index is 0.338. The van der Waals surface area contributed by atoms with Crippen molar-refractivity contribution in [3.05, 3.63) is 59.0 Å². The number of nitrogens with two attached hydrogens (primary N) is 2. The first-order chi connectivity index (χ1) is 11.4. The molecule has 0 bridgehead atoms. The van der Waals surface area contributed by atoms with Crippen LogP contribution in [0.5, 0.6) is 5.75 Å². The maximum Gasteiger partial charge on any atom is 0.345 e. The van der Waals surface area contributed by atoms with Gasteiger partial charge in [-0.05, 0) is 29.7 Å². The van der Waals surface area contributed by atoms with Crippen molar-refractivity contribution in [2.75, 3.05) is 12.8 Å². The Labute approximate surface area is 142 Å². The minimum atomic E-state index is -0.895. The molecule has 5 N–H and O–H groups in total. The Morgan fingerprint density at radius 1 is 1.12 bits per heavy atom. The largest absolute Gasteiger partial charge is 0.495 e. The second-order valence-electron chi connectivity index (χ2n) is 4.75. The summed E-state index contributed by atoms with van der Waals surface area (Å²) in [6.07, 6.45) is 0. The van der Waals surface area contributed by atoms with Gasteiger partial charge in [0.15, 0.2) is 0 Å². The van der Waals surface area contributed by atoms with E-state index in [9.17, 15) is 9.59 Å². The summed E-state index contributed by atoms with van der Waals surface area (Å²) in [5.41, 5.74) is 11.2. The molecule has 24 heavy (non-hydrogen) atoms. The number of carbonyl (C=O) groups excluding carboxylic acids is 1. The molecule has 0 aliphatic heterocycles. The summed E-state index contributed by atoms with van der Waals surface area (Å²) in [4.78, 5) is 21.6. The normalized spacial score (nSPS) is 9.88. The quantitative estimate of drug-likeness (QED) is 0.632.